The van der Waals surface area contributed by atoms with Crippen LogP contribution in [-0.2, 0) is 6.54 Å². The number of benzene rings is 1. The number of imidazole rings is 1. The third-order valence-electron chi connectivity index (χ3n) is 4.08. The van der Waals surface area contributed by atoms with Crippen LogP contribution in [0, 0.1) is 0 Å². The van der Waals surface area contributed by atoms with Gasteiger partial charge in [0.1, 0.15) is 0 Å². The van der Waals surface area contributed by atoms with Gasteiger partial charge in [-0.2, -0.15) is 0 Å². The van der Waals surface area contributed by atoms with Gasteiger partial charge in [0.05, 0.1) is 21.1 Å². The summed E-state index contributed by atoms with van der Waals surface area (Å²) in [4.78, 5) is 6.77. The summed E-state index contributed by atoms with van der Waals surface area (Å²) in [5, 5.41) is 1.04. The Morgan fingerprint density at radius 1 is 1.40 bits per heavy atom. The maximum atomic E-state index is 6.10. The standard InChI is InChI=1S/C14H18Cl2N4/c1-8(19(2)9-3-4-9)7-20-13-6-11(16)10(15)5-12(13)18-14(20)17/h5-6,8-9H,3-4,7H2,1-2H3,(H2,17,18). The molecule has 0 aliphatic heterocycles. The molecule has 2 aromatic rings. The summed E-state index contributed by atoms with van der Waals surface area (Å²) in [6.45, 7) is 3.01. The van der Waals surface area contributed by atoms with E-state index < -0.39 is 0 Å². The number of hydrogen-bond acceptors (Lipinski definition) is 3. The zero-order chi connectivity index (χ0) is 14.4. The first-order chi connectivity index (χ1) is 9.47. The Morgan fingerprint density at radius 3 is 2.70 bits per heavy atom. The molecule has 1 saturated carbocycles. The van der Waals surface area contributed by atoms with Crippen LogP contribution >= 0.6 is 23.2 Å². The van der Waals surface area contributed by atoms with Crippen molar-refractivity contribution in [1.29, 1.82) is 0 Å². The molecule has 0 bridgehead atoms. The van der Waals surface area contributed by atoms with Crippen LogP contribution in [0.2, 0.25) is 10.0 Å². The second-order valence-corrected chi connectivity index (χ2v) is 6.40. The van der Waals surface area contributed by atoms with Crippen LogP contribution in [-0.4, -0.2) is 33.6 Å². The van der Waals surface area contributed by atoms with Crippen LogP contribution in [0.3, 0.4) is 0 Å². The number of nitrogen functional groups attached to an aromatic ring is 1. The van der Waals surface area contributed by atoms with E-state index in [4.69, 9.17) is 28.9 Å². The smallest absolute Gasteiger partial charge is 0.201 e. The van der Waals surface area contributed by atoms with E-state index in [0.29, 0.717) is 22.0 Å². The fourth-order valence-electron chi connectivity index (χ4n) is 2.57. The van der Waals surface area contributed by atoms with Crippen molar-refractivity contribution in [1.82, 2.24) is 14.5 Å². The Bertz CT molecular complexity index is 648. The summed E-state index contributed by atoms with van der Waals surface area (Å²) in [7, 11) is 2.17. The molecule has 0 saturated heterocycles. The van der Waals surface area contributed by atoms with Crippen LogP contribution in [0.5, 0.6) is 0 Å². The Hall–Kier alpha value is -0.970. The molecule has 1 aromatic heterocycles. The molecule has 1 aromatic carbocycles. The van der Waals surface area contributed by atoms with Crippen molar-refractivity contribution in [3.63, 3.8) is 0 Å². The molecule has 6 heteroatoms. The van der Waals surface area contributed by atoms with Crippen molar-refractivity contribution in [2.75, 3.05) is 12.8 Å². The third kappa shape index (κ3) is 2.48. The van der Waals surface area contributed by atoms with E-state index in [-0.39, 0.29) is 0 Å². The average molecular weight is 313 g/mol. The first-order valence-corrected chi connectivity index (χ1v) is 7.55. The molecule has 4 nitrogen and oxygen atoms in total. The van der Waals surface area contributed by atoms with E-state index >= 15 is 0 Å². The van der Waals surface area contributed by atoms with Crippen molar-refractivity contribution in [3.05, 3.63) is 22.2 Å². The Kier molecular flexibility index (Phi) is 3.56. The topological polar surface area (TPSA) is 47.1 Å². The van der Waals surface area contributed by atoms with Crippen molar-refractivity contribution in [3.8, 4) is 0 Å². The first-order valence-electron chi connectivity index (χ1n) is 6.80. The van der Waals surface area contributed by atoms with E-state index in [0.717, 1.165) is 23.6 Å². The van der Waals surface area contributed by atoms with Crippen molar-refractivity contribution < 1.29 is 0 Å². The summed E-state index contributed by atoms with van der Waals surface area (Å²) >= 11 is 12.1. The minimum Gasteiger partial charge on any atom is -0.369 e. The van der Waals surface area contributed by atoms with E-state index in [1.54, 1.807) is 6.07 Å². The Morgan fingerprint density at radius 2 is 2.05 bits per heavy atom. The van der Waals surface area contributed by atoms with Gasteiger partial charge in [0, 0.05) is 18.6 Å². The molecule has 0 amide bonds. The number of anilines is 1. The average Bonchev–Trinajstić information content (AvgIpc) is 3.19. The molecular weight excluding hydrogens is 295 g/mol. The van der Waals surface area contributed by atoms with E-state index in [9.17, 15) is 0 Å². The highest BCUT2D eigenvalue weighted by Crippen LogP contribution is 2.31. The zero-order valence-corrected chi connectivity index (χ0v) is 13.1. The molecule has 0 spiro atoms. The van der Waals surface area contributed by atoms with E-state index in [1.165, 1.54) is 12.8 Å². The number of rotatable bonds is 4. The first kappa shape index (κ1) is 14.0. The zero-order valence-electron chi connectivity index (χ0n) is 11.6. The lowest BCUT2D eigenvalue weighted by molar-refractivity contribution is 0.228. The maximum Gasteiger partial charge on any atom is 0.201 e. The number of likely N-dealkylation sites (N-methyl/N-ethyl adjacent to an activating group) is 1. The molecular formula is C14H18Cl2N4. The Balaban J connectivity index is 1.93. The normalized spacial score (nSPS) is 17.1. The molecule has 2 N–H and O–H groups in total. The summed E-state index contributed by atoms with van der Waals surface area (Å²) in [5.74, 6) is 0.509. The van der Waals surface area contributed by atoms with Crippen LogP contribution in [0.15, 0.2) is 12.1 Å². The van der Waals surface area contributed by atoms with E-state index in [1.807, 2.05) is 10.6 Å². The van der Waals surface area contributed by atoms with Gasteiger partial charge in [-0.25, -0.2) is 4.98 Å². The van der Waals surface area contributed by atoms with Gasteiger partial charge >= 0.3 is 0 Å². The van der Waals surface area contributed by atoms with Crippen molar-refractivity contribution >= 4 is 40.2 Å². The number of nitrogens with two attached hydrogens (primary N) is 1. The molecule has 1 unspecified atom stereocenters. The highest BCUT2D eigenvalue weighted by atomic mass is 35.5. The predicted molar refractivity (Wildman–Crippen MR) is 84.4 cm³/mol. The second-order valence-electron chi connectivity index (χ2n) is 5.58. The van der Waals surface area contributed by atoms with Crippen molar-refractivity contribution in [2.45, 2.75) is 38.4 Å². The number of nitrogens with zero attached hydrogens (tertiary/aromatic N) is 3. The largest absolute Gasteiger partial charge is 0.369 e. The van der Waals surface area contributed by atoms with E-state index in [2.05, 4.69) is 23.9 Å². The van der Waals surface area contributed by atoms with Gasteiger partial charge in [-0.15, -0.1) is 0 Å². The van der Waals surface area contributed by atoms with Gasteiger partial charge < -0.3 is 10.3 Å². The van der Waals surface area contributed by atoms with Crippen LogP contribution in [0.1, 0.15) is 19.8 Å². The number of halogens is 2. The lowest BCUT2D eigenvalue weighted by Crippen LogP contribution is -2.34. The third-order valence-corrected chi connectivity index (χ3v) is 4.81. The number of aromatic nitrogens is 2. The van der Waals surface area contributed by atoms with Gasteiger partial charge in [0.2, 0.25) is 5.95 Å². The highest BCUT2D eigenvalue weighted by Gasteiger charge is 2.29. The van der Waals surface area contributed by atoms with Crippen LogP contribution < -0.4 is 5.73 Å². The molecule has 1 atom stereocenters. The quantitative estimate of drug-likeness (QED) is 0.941. The van der Waals surface area contributed by atoms with Gasteiger partial charge in [0.15, 0.2) is 0 Å². The predicted octanol–water partition coefficient (Wildman–Crippen LogP) is 3.41. The lowest BCUT2D eigenvalue weighted by Gasteiger charge is -2.25. The van der Waals surface area contributed by atoms with Gasteiger partial charge in [-0.1, -0.05) is 23.2 Å². The van der Waals surface area contributed by atoms with Gasteiger partial charge in [-0.3, -0.25) is 4.90 Å². The lowest BCUT2D eigenvalue weighted by atomic mass is 10.2. The molecule has 1 aliphatic carbocycles. The maximum absolute atomic E-state index is 6.10. The summed E-state index contributed by atoms with van der Waals surface area (Å²) in [5.41, 5.74) is 7.77. The molecule has 108 valence electrons. The molecule has 0 radical (unpaired) electrons. The van der Waals surface area contributed by atoms with Crippen LogP contribution in [0.4, 0.5) is 5.95 Å². The molecule has 1 aliphatic rings. The van der Waals surface area contributed by atoms with Crippen molar-refractivity contribution in [2.24, 2.45) is 0 Å². The van der Waals surface area contributed by atoms with Gasteiger partial charge in [-0.05, 0) is 38.9 Å². The molecule has 3 rings (SSSR count). The minimum atomic E-state index is 0.400. The highest BCUT2D eigenvalue weighted by molar-refractivity contribution is 6.42. The summed E-state index contributed by atoms with van der Waals surface area (Å²) in [6, 6.07) is 4.73. The molecule has 1 heterocycles. The minimum absolute atomic E-state index is 0.400. The second kappa shape index (κ2) is 5.10. The number of fused-ring (bicyclic) bond motifs is 1. The number of hydrogen-bond donors (Lipinski definition) is 1. The fourth-order valence-corrected chi connectivity index (χ4v) is 2.88. The SMILES string of the molecule is CC(Cn1c(N)nc2cc(Cl)c(Cl)cc21)N(C)C1CC1. The summed E-state index contributed by atoms with van der Waals surface area (Å²) < 4.78 is 2.01. The molecule has 20 heavy (non-hydrogen) atoms. The molecule has 1 fully saturated rings. The summed E-state index contributed by atoms with van der Waals surface area (Å²) in [6.07, 6.45) is 2.59. The Labute approximate surface area is 128 Å². The van der Waals surface area contributed by atoms with Gasteiger partial charge in [0.25, 0.3) is 0 Å². The van der Waals surface area contributed by atoms with Crippen LogP contribution in [0.25, 0.3) is 11.0 Å². The fraction of sp³-hybridized carbons (Fsp3) is 0.500. The monoisotopic (exact) mass is 312 g/mol.